The molecule has 0 radical (unpaired) electrons. The number of hydrogen-bond donors (Lipinski definition) is 1. The Morgan fingerprint density at radius 3 is 2.75 bits per heavy atom. The lowest BCUT2D eigenvalue weighted by molar-refractivity contribution is 0.486. The highest BCUT2D eigenvalue weighted by molar-refractivity contribution is 5.23. The number of rotatable bonds is 2. The highest BCUT2D eigenvalue weighted by atomic mass is 15.1. The number of hydrogen-bond acceptors (Lipinski definition) is 2. The number of fused-ring (bicyclic) bond motifs is 1. The minimum Gasteiger partial charge on any atom is -0.331 e. The normalized spacial score (nSPS) is 16.2. The molecule has 0 unspecified atom stereocenters. The van der Waals surface area contributed by atoms with Crippen molar-refractivity contribution < 1.29 is 0 Å². The molecule has 0 saturated heterocycles. The SMILES string of the molecule is CCCn1c(C(C)(C)C)nc2c1CCNC2. The van der Waals surface area contributed by atoms with Gasteiger partial charge < -0.3 is 9.88 Å². The van der Waals surface area contributed by atoms with Crippen molar-refractivity contribution in [2.75, 3.05) is 6.54 Å². The highest BCUT2D eigenvalue weighted by Crippen LogP contribution is 2.26. The molecule has 2 rings (SSSR count). The van der Waals surface area contributed by atoms with Crippen molar-refractivity contribution in [1.29, 1.82) is 0 Å². The van der Waals surface area contributed by atoms with Crippen LogP contribution in [-0.2, 0) is 24.9 Å². The van der Waals surface area contributed by atoms with Gasteiger partial charge in [0.05, 0.1) is 5.69 Å². The molecule has 0 aliphatic carbocycles. The third kappa shape index (κ3) is 2.01. The van der Waals surface area contributed by atoms with Gasteiger partial charge in [0, 0.05) is 37.2 Å². The fourth-order valence-corrected chi connectivity index (χ4v) is 2.41. The van der Waals surface area contributed by atoms with Gasteiger partial charge in [-0.2, -0.15) is 0 Å². The van der Waals surface area contributed by atoms with E-state index in [0.717, 1.165) is 26.1 Å². The Morgan fingerprint density at radius 2 is 2.12 bits per heavy atom. The van der Waals surface area contributed by atoms with Gasteiger partial charge in [0.2, 0.25) is 0 Å². The molecule has 1 aromatic rings. The van der Waals surface area contributed by atoms with E-state index in [4.69, 9.17) is 4.98 Å². The van der Waals surface area contributed by atoms with Gasteiger partial charge in [-0.25, -0.2) is 4.98 Å². The molecular formula is C13H23N3. The number of nitrogens with one attached hydrogen (secondary N) is 1. The fraction of sp³-hybridized carbons (Fsp3) is 0.769. The van der Waals surface area contributed by atoms with E-state index in [1.54, 1.807) is 0 Å². The lowest BCUT2D eigenvalue weighted by atomic mass is 9.95. The first-order valence-electron chi connectivity index (χ1n) is 6.33. The third-order valence-corrected chi connectivity index (χ3v) is 3.10. The van der Waals surface area contributed by atoms with E-state index in [1.807, 2.05) is 0 Å². The molecule has 1 N–H and O–H groups in total. The van der Waals surface area contributed by atoms with E-state index in [2.05, 4.69) is 37.6 Å². The van der Waals surface area contributed by atoms with E-state index in [0.29, 0.717) is 0 Å². The molecule has 0 spiro atoms. The summed E-state index contributed by atoms with van der Waals surface area (Å²) in [4.78, 5) is 4.84. The summed E-state index contributed by atoms with van der Waals surface area (Å²) in [5, 5.41) is 3.40. The minimum absolute atomic E-state index is 0.145. The first kappa shape index (κ1) is 11.6. The molecule has 1 aliphatic heterocycles. The molecule has 0 atom stereocenters. The van der Waals surface area contributed by atoms with Gasteiger partial charge in [0.15, 0.2) is 0 Å². The fourth-order valence-electron chi connectivity index (χ4n) is 2.41. The summed E-state index contributed by atoms with van der Waals surface area (Å²) in [6, 6.07) is 0. The van der Waals surface area contributed by atoms with Crippen LogP contribution in [0.4, 0.5) is 0 Å². The summed E-state index contributed by atoms with van der Waals surface area (Å²) in [6.45, 7) is 12.1. The van der Waals surface area contributed by atoms with E-state index in [-0.39, 0.29) is 5.41 Å². The molecule has 0 aromatic carbocycles. The Labute approximate surface area is 98.3 Å². The molecular weight excluding hydrogens is 198 g/mol. The van der Waals surface area contributed by atoms with Crippen molar-refractivity contribution in [2.45, 2.75) is 59.0 Å². The molecule has 2 heterocycles. The summed E-state index contributed by atoms with van der Waals surface area (Å²) < 4.78 is 2.45. The second-order valence-corrected chi connectivity index (χ2v) is 5.66. The average Bonchev–Trinajstić information content (AvgIpc) is 2.58. The van der Waals surface area contributed by atoms with Crippen LogP contribution in [0.2, 0.25) is 0 Å². The topological polar surface area (TPSA) is 29.9 Å². The van der Waals surface area contributed by atoms with Crippen LogP contribution in [-0.4, -0.2) is 16.1 Å². The van der Waals surface area contributed by atoms with E-state index in [1.165, 1.54) is 23.6 Å². The van der Waals surface area contributed by atoms with E-state index < -0.39 is 0 Å². The monoisotopic (exact) mass is 221 g/mol. The highest BCUT2D eigenvalue weighted by Gasteiger charge is 2.26. The molecule has 0 fully saturated rings. The van der Waals surface area contributed by atoms with Crippen molar-refractivity contribution in [1.82, 2.24) is 14.9 Å². The van der Waals surface area contributed by atoms with Gasteiger partial charge in [-0.15, -0.1) is 0 Å². The van der Waals surface area contributed by atoms with E-state index in [9.17, 15) is 0 Å². The van der Waals surface area contributed by atoms with Crippen LogP contribution in [0.1, 0.15) is 51.3 Å². The standard InChI is InChI=1S/C13H23N3/c1-5-8-16-11-6-7-14-9-10(11)15-12(16)13(2,3)4/h14H,5-9H2,1-4H3. The zero-order chi connectivity index (χ0) is 11.8. The largest absolute Gasteiger partial charge is 0.331 e. The van der Waals surface area contributed by atoms with Crippen molar-refractivity contribution in [2.24, 2.45) is 0 Å². The van der Waals surface area contributed by atoms with Crippen LogP contribution in [0.15, 0.2) is 0 Å². The lowest BCUT2D eigenvalue weighted by Gasteiger charge is -2.21. The predicted octanol–water partition coefficient (Wildman–Crippen LogP) is 2.24. The van der Waals surface area contributed by atoms with Crippen molar-refractivity contribution in [3.63, 3.8) is 0 Å². The number of aromatic nitrogens is 2. The molecule has 0 bridgehead atoms. The molecule has 1 aliphatic rings. The Morgan fingerprint density at radius 1 is 1.38 bits per heavy atom. The molecule has 1 aromatic heterocycles. The van der Waals surface area contributed by atoms with Crippen molar-refractivity contribution in [3.05, 3.63) is 17.2 Å². The van der Waals surface area contributed by atoms with Gasteiger partial charge in [0.25, 0.3) is 0 Å². The van der Waals surface area contributed by atoms with Crippen LogP contribution < -0.4 is 5.32 Å². The van der Waals surface area contributed by atoms with E-state index >= 15 is 0 Å². The zero-order valence-electron chi connectivity index (χ0n) is 10.9. The van der Waals surface area contributed by atoms with Crippen LogP contribution in [0.3, 0.4) is 0 Å². The molecule has 90 valence electrons. The van der Waals surface area contributed by atoms with Crippen LogP contribution >= 0.6 is 0 Å². The first-order valence-corrected chi connectivity index (χ1v) is 6.33. The smallest absolute Gasteiger partial charge is 0.114 e. The summed E-state index contributed by atoms with van der Waals surface area (Å²) >= 11 is 0. The van der Waals surface area contributed by atoms with Gasteiger partial charge in [-0.3, -0.25) is 0 Å². The average molecular weight is 221 g/mol. The molecule has 0 saturated carbocycles. The Kier molecular flexibility index (Phi) is 3.06. The van der Waals surface area contributed by atoms with Crippen molar-refractivity contribution in [3.8, 4) is 0 Å². The van der Waals surface area contributed by atoms with Crippen LogP contribution in [0.25, 0.3) is 0 Å². The summed E-state index contributed by atoms with van der Waals surface area (Å²) in [6.07, 6.45) is 2.30. The van der Waals surface area contributed by atoms with Crippen LogP contribution in [0.5, 0.6) is 0 Å². The summed E-state index contributed by atoms with van der Waals surface area (Å²) in [5.74, 6) is 1.25. The zero-order valence-corrected chi connectivity index (χ0v) is 10.9. The predicted molar refractivity (Wildman–Crippen MR) is 66.6 cm³/mol. The summed E-state index contributed by atoms with van der Waals surface area (Å²) in [7, 11) is 0. The molecule has 3 nitrogen and oxygen atoms in total. The number of nitrogens with zero attached hydrogens (tertiary/aromatic N) is 2. The van der Waals surface area contributed by atoms with Crippen LogP contribution in [0, 0.1) is 0 Å². The minimum atomic E-state index is 0.145. The lowest BCUT2D eigenvalue weighted by Crippen LogP contribution is -2.25. The number of imidazole rings is 1. The van der Waals surface area contributed by atoms with Gasteiger partial charge in [0.1, 0.15) is 5.82 Å². The quantitative estimate of drug-likeness (QED) is 0.830. The second kappa shape index (κ2) is 4.21. The van der Waals surface area contributed by atoms with Crippen molar-refractivity contribution >= 4 is 0 Å². The molecule has 0 amide bonds. The Bertz CT molecular complexity index is 371. The van der Waals surface area contributed by atoms with Gasteiger partial charge in [-0.1, -0.05) is 27.7 Å². The third-order valence-electron chi connectivity index (χ3n) is 3.10. The molecule has 16 heavy (non-hydrogen) atoms. The first-order chi connectivity index (χ1) is 7.54. The maximum atomic E-state index is 4.84. The molecule has 3 heteroatoms. The van der Waals surface area contributed by atoms with Gasteiger partial charge >= 0.3 is 0 Å². The Balaban J connectivity index is 2.47. The maximum Gasteiger partial charge on any atom is 0.114 e. The summed E-state index contributed by atoms with van der Waals surface area (Å²) in [5.41, 5.74) is 2.88. The second-order valence-electron chi connectivity index (χ2n) is 5.66. The van der Waals surface area contributed by atoms with Gasteiger partial charge in [-0.05, 0) is 6.42 Å². The maximum absolute atomic E-state index is 4.84. The Hall–Kier alpha value is -0.830.